The molecule has 0 bridgehead atoms. The molecule has 27 heavy (non-hydrogen) atoms. The Morgan fingerprint density at radius 3 is 2.63 bits per heavy atom. The van der Waals surface area contributed by atoms with Crippen molar-refractivity contribution < 1.29 is 24.0 Å². The smallest absolute Gasteiger partial charge is 0.329 e. The molecule has 1 aromatic carbocycles. The number of esters is 1. The lowest BCUT2D eigenvalue weighted by Gasteiger charge is -2.20. The number of nitrogens with zero attached hydrogens (tertiary/aromatic N) is 1. The van der Waals surface area contributed by atoms with Gasteiger partial charge < -0.3 is 15.4 Å². The van der Waals surface area contributed by atoms with Crippen molar-refractivity contribution in [1.29, 1.82) is 0 Å². The number of thioether (sulfide) groups is 1. The molecule has 0 spiro atoms. The van der Waals surface area contributed by atoms with Crippen LogP contribution in [-0.2, 0) is 14.3 Å². The summed E-state index contributed by atoms with van der Waals surface area (Å²) in [5, 5.41) is 15.9. The third-order valence-electron chi connectivity index (χ3n) is 3.53. The highest BCUT2D eigenvalue weighted by atomic mass is 32.2. The van der Waals surface area contributed by atoms with Crippen molar-refractivity contribution in [2.24, 2.45) is 0 Å². The van der Waals surface area contributed by atoms with E-state index in [2.05, 4.69) is 10.6 Å². The average molecular weight is 397 g/mol. The second-order valence-corrected chi connectivity index (χ2v) is 6.57. The maximum atomic E-state index is 12.4. The molecule has 0 fully saturated rings. The van der Waals surface area contributed by atoms with E-state index in [1.54, 1.807) is 6.92 Å². The molecule has 0 aliphatic rings. The summed E-state index contributed by atoms with van der Waals surface area (Å²) in [7, 11) is 0. The van der Waals surface area contributed by atoms with E-state index in [4.69, 9.17) is 4.74 Å². The van der Waals surface area contributed by atoms with Crippen LogP contribution in [0.5, 0.6) is 0 Å². The summed E-state index contributed by atoms with van der Waals surface area (Å²) in [6.45, 7) is 3.59. The first-order valence-corrected chi connectivity index (χ1v) is 9.72. The fraction of sp³-hybridized carbons (Fsp3) is 0.471. The number of carbonyl (C=O) groups excluding carboxylic acids is 3. The van der Waals surface area contributed by atoms with Crippen molar-refractivity contribution in [3.8, 4) is 0 Å². The predicted molar refractivity (Wildman–Crippen MR) is 102 cm³/mol. The van der Waals surface area contributed by atoms with Crippen LogP contribution in [-0.4, -0.2) is 53.4 Å². The SMILES string of the molecule is CCNC(=O)[C@@H](C)OC(=O)[C@H](CCSC)NC(=O)c1cccc([N+](=O)[O-])c1. The Hall–Kier alpha value is -2.62. The largest absolute Gasteiger partial charge is 0.451 e. The number of benzene rings is 1. The molecule has 10 heteroatoms. The van der Waals surface area contributed by atoms with Crippen LogP contribution in [0.3, 0.4) is 0 Å². The second-order valence-electron chi connectivity index (χ2n) is 5.59. The number of hydrogen-bond acceptors (Lipinski definition) is 7. The van der Waals surface area contributed by atoms with E-state index in [-0.39, 0.29) is 11.3 Å². The predicted octanol–water partition coefficient (Wildman–Crippen LogP) is 1.51. The van der Waals surface area contributed by atoms with E-state index in [1.165, 1.54) is 36.9 Å². The van der Waals surface area contributed by atoms with Crippen LogP contribution in [0, 0.1) is 10.1 Å². The van der Waals surface area contributed by atoms with Gasteiger partial charge in [0.15, 0.2) is 6.10 Å². The summed E-state index contributed by atoms with van der Waals surface area (Å²) in [6.07, 6.45) is 1.15. The molecule has 1 rings (SSSR count). The monoisotopic (exact) mass is 397 g/mol. The number of carbonyl (C=O) groups is 3. The summed E-state index contributed by atoms with van der Waals surface area (Å²) >= 11 is 1.48. The lowest BCUT2D eigenvalue weighted by molar-refractivity contribution is -0.384. The maximum absolute atomic E-state index is 12.4. The van der Waals surface area contributed by atoms with Gasteiger partial charge in [-0.2, -0.15) is 11.8 Å². The molecule has 0 radical (unpaired) electrons. The van der Waals surface area contributed by atoms with Gasteiger partial charge in [0.1, 0.15) is 6.04 Å². The number of rotatable bonds is 10. The van der Waals surface area contributed by atoms with Gasteiger partial charge in [0.05, 0.1) is 4.92 Å². The zero-order valence-electron chi connectivity index (χ0n) is 15.4. The van der Waals surface area contributed by atoms with Crippen LogP contribution in [0.25, 0.3) is 0 Å². The van der Waals surface area contributed by atoms with Crippen molar-refractivity contribution in [2.45, 2.75) is 32.4 Å². The Bertz CT molecular complexity index is 697. The number of hydrogen-bond donors (Lipinski definition) is 2. The van der Waals surface area contributed by atoms with E-state index in [0.717, 1.165) is 6.07 Å². The van der Waals surface area contributed by atoms with Gasteiger partial charge in [-0.05, 0) is 38.3 Å². The van der Waals surface area contributed by atoms with Gasteiger partial charge in [-0.3, -0.25) is 19.7 Å². The third-order valence-corrected chi connectivity index (χ3v) is 4.18. The van der Waals surface area contributed by atoms with Crippen LogP contribution in [0.15, 0.2) is 24.3 Å². The Morgan fingerprint density at radius 1 is 1.33 bits per heavy atom. The summed E-state index contributed by atoms with van der Waals surface area (Å²) in [4.78, 5) is 46.7. The lowest BCUT2D eigenvalue weighted by Crippen LogP contribution is -2.45. The van der Waals surface area contributed by atoms with Crippen molar-refractivity contribution in [3.63, 3.8) is 0 Å². The molecule has 9 nitrogen and oxygen atoms in total. The van der Waals surface area contributed by atoms with Crippen molar-refractivity contribution in [3.05, 3.63) is 39.9 Å². The Balaban J connectivity index is 2.85. The van der Waals surface area contributed by atoms with Crippen LogP contribution in [0.4, 0.5) is 5.69 Å². The van der Waals surface area contributed by atoms with E-state index < -0.39 is 34.9 Å². The van der Waals surface area contributed by atoms with Crippen LogP contribution in [0.1, 0.15) is 30.6 Å². The molecule has 2 amide bonds. The van der Waals surface area contributed by atoms with Crippen molar-refractivity contribution in [1.82, 2.24) is 10.6 Å². The summed E-state index contributed by atoms with van der Waals surface area (Å²) in [5.41, 5.74) is -0.168. The first kappa shape index (κ1) is 22.4. The van der Waals surface area contributed by atoms with Gasteiger partial charge >= 0.3 is 5.97 Å². The summed E-state index contributed by atoms with van der Waals surface area (Å²) in [6, 6.07) is 4.23. The van der Waals surface area contributed by atoms with E-state index in [9.17, 15) is 24.5 Å². The number of amides is 2. The minimum absolute atomic E-state index is 0.0583. The number of nitrogens with one attached hydrogen (secondary N) is 2. The van der Waals surface area contributed by atoms with Gasteiger partial charge in [0, 0.05) is 24.2 Å². The summed E-state index contributed by atoms with van der Waals surface area (Å²) < 4.78 is 5.14. The minimum atomic E-state index is -0.996. The fourth-order valence-electron chi connectivity index (χ4n) is 2.11. The normalized spacial score (nSPS) is 12.6. The standard InChI is InChI=1S/C17H23N3O6S/c1-4-18-15(21)11(2)26-17(23)14(8-9-27-3)19-16(22)12-6-5-7-13(10-12)20(24)25/h5-7,10-11,14H,4,8-9H2,1-3H3,(H,18,21)(H,19,22)/t11-,14+/m1/s1. The first-order chi connectivity index (χ1) is 12.8. The van der Waals surface area contributed by atoms with Gasteiger partial charge in [-0.15, -0.1) is 0 Å². The van der Waals surface area contributed by atoms with Crippen LogP contribution < -0.4 is 10.6 Å². The molecular formula is C17H23N3O6S. The van der Waals surface area contributed by atoms with Gasteiger partial charge in [-0.25, -0.2) is 4.79 Å². The molecule has 0 aliphatic carbocycles. The lowest BCUT2D eigenvalue weighted by atomic mass is 10.1. The van der Waals surface area contributed by atoms with Crippen molar-refractivity contribution >= 4 is 35.2 Å². The molecule has 148 valence electrons. The van der Waals surface area contributed by atoms with Gasteiger partial charge in [0.25, 0.3) is 17.5 Å². The van der Waals surface area contributed by atoms with Gasteiger partial charge in [-0.1, -0.05) is 6.07 Å². The molecule has 0 aliphatic heterocycles. The topological polar surface area (TPSA) is 128 Å². The quantitative estimate of drug-likeness (QED) is 0.348. The highest BCUT2D eigenvalue weighted by molar-refractivity contribution is 7.98. The van der Waals surface area contributed by atoms with Gasteiger partial charge in [0.2, 0.25) is 0 Å². The number of nitro groups is 1. The van der Waals surface area contributed by atoms with E-state index in [1.807, 2.05) is 6.26 Å². The van der Waals surface area contributed by atoms with Crippen LogP contribution >= 0.6 is 11.8 Å². The summed E-state index contributed by atoms with van der Waals surface area (Å²) in [5.74, 6) is -1.22. The number of ether oxygens (including phenoxy) is 1. The number of likely N-dealkylation sites (N-methyl/N-ethyl adjacent to an activating group) is 1. The average Bonchev–Trinajstić information content (AvgIpc) is 2.64. The van der Waals surface area contributed by atoms with E-state index >= 15 is 0 Å². The van der Waals surface area contributed by atoms with E-state index in [0.29, 0.717) is 18.7 Å². The molecule has 2 N–H and O–H groups in total. The second kappa shape index (κ2) is 11.2. The maximum Gasteiger partial charge on any atom is 0.329 e. The molecular weight excluding hydrogens is 374 g/mol. The van der Waals surface area contributed by atoms with Crippen molar-refractivity contribution in [2.75, 3.05) is 18.6 Å². The zero-order chi connectivity index (χ0) is 20.4. The Kier molecular flexibility index (Phi) is 9.27. The molecule has 0 unspecified atom stereocenters. The molecule has 0 saturated heterocycles. The number of nitro benzene ring substituents is 1. The molecule has 2 atom stereocenters. The highest BCUT2D eigenvalue weighted by Gasteiger charge is 2.26. The fourth-order valence-corrected chi connectivity index (χ4v) is 2.59. The third kappa shape index (κ3) is 7.26. The highest BCUT2D eigenvalue weighted by Crippen LogP contribution is 2.14. The Labute approximate surface area is 161 Å². The minimum Gasteiger partial charge on any atom is -0.451 e. The zero-order valence-corrected chi connectivity index (χ0v) is 16.2. The molecule has 1 aromatic rings. The molecule has 0 saturated carbocycles. The molecule has 0 heterocycles. The number of non-ortho nitro benzene ring substituents is 1. The Morgan fingerprint density at radius 2 is 2.04 bits per heavy atom. The molecule has 0 aromatic heterocycles. The van der Waals surface area contributed by atoms with Crippen LogP contribution in [0.2, 0.25) is 0 Å². The first-order valence-electron chi connectivity index (χ1n) is 8.32.